The first-order chi connectivity index (χ1) is 11.6. The molecule has 0 unspecified atom stereocenters. The number of fused-ring (bicyclic) bond motifs is 2. The van der Waals surface area contributed by atoms with E-state index < -0.39 is 0 Å². The maximum absolute atomic E-state index is 11.8. The second-order valence-corrected chi connectivity index (χ2v) is 6.08. The van der Waals surface area contributed by atoms with Crippen molar-refractivity contribution in [2.75, 3.05) is 11.6 Å². The number of anilines is 1. The molecule has 1 aliphatic rings. The van der Waals surface area contributed by atoms with Gasteiger partial charge in [0, 0.05) is 28.6 Å². The molecular formula is C18H18N2O4. The molecule has 2 aromatic heterocycles. The normalized spacial score (nSPS) is 13.9. The second kappa shape index (κ2) is 5.40. The lowest BCUT2D eigenvalue weighted by molar-refractivity contribution is 0.283. The number of rotatable bonds is 2. The molecule has 0 aliphatic carbocycles. The van der Waals surface area contributed by atoms with Crippen molar-refractivity contribution in [1.82, 2.24) is 5.16 Å². The third-order valence-electron chi connectivity index (χ3n) is 4.42. The van der Waals surface area contributed by atoms with Crippen molar-refractivity contribution in [3.8, 4) is 5.75 Å². The topological polar surface area (TPSA) is 68.7 Å². The van der Waals surface area contributed by atoms with Gasteiger partial charge in [0.05, 0.1) is 6.54 Å². The Morgan fingerprint density at radius 3 is 2.79 bits per heavy atom. The second-order valence-electron chi connectivity index (χ2n) is 6.08. The van der Waals surface area contributed by atoms with Crippen LogP contribution >= 0.6 is 0 Å². The standard InChI is InChI=1S/C18H18N2O4/c1-4-12-7-16(21)23-18-11(3)17-13(6-14(12)18)8-20(9-22-17)15-5-10(2)24-19-15/h5-7H,4,8-9H2,1-3H3. The summed E-state index contributed by atoms with van der Waals surface area (Å²) in [6.45, 7) is 6.87. The van der Waals surface area contributed by atoms with Crippen LogP contribution in [0.2, 0.25) is 0 Å². The summed E-state index contributed by atoms with van der Waals surface area (Å²) in [6, 6.07) is 5.51. The minimum atomic E-state index is -0.321. The Labute approximate surface area is 138 Å². The highest BCUT2D eigenvalue weighted by Gasteiger charge is 2.24. The monoisotopic (exact) mass is 326 g/mol. The fourth-order valence-corrected chi connectivity index (χ4v) is 3.23. The average molecular weight is 326 g/mol. The summed E-state index contributed by atoms with van der Waals surface area (Å²) >= 11 is 0. The molecule has 0 bridgehead atoms. The van der Waals surface area contributed by atoms with Crippen LogP contribution in [0.3, 0.4) is 0 Å². The number of nitrogens with zero attached hydrogens (tertiary/aromatic N) is 2. The minimum absolute atomic E-state index is 0.321. The van der Waals surface area contributed by atoms with Gasteiger partial charge in [-0.1, -0.05) is 12.1 Å². The van der Waals surface area contributed by atoms with Crippen molar-refractivity contribution in [3.05, 3.63) is 51.1 Å². The molecule has 1 aliphatic heterocycles. The van der Waals surface area contributed by atoms with E-state index in [9.17, 15) is 4.79 Å². The molecule has 0 N–H and O–H groups in total. The Kier molecular flexibility index (Phi) is 3.33. The van der Waals surface area contributed by atoms with Crippen LogP contribution in [0.5, 0.6) is 5.75 Å². The molecular weight excluding hydrogens is 308 g/mol. The molecule has 0 saturated carbocycles. The summed E-state index contributed by atoms with van der Waals surface area (Å²) in [5, 5.41) is 5.02. The van der Waals surface area contributed by atoms with E-state index in [1.807, 2.05) is 31.7 Å². The Morgan fingerprint density at radius 2 is 2.08 bits per heavy atom. The predicted octanol–water partition coefficient (Wildman–Crippen LogP) is 3.32. The van der Waals surface area contributed by atoms with Gasteiger partial charge >= 0.3 is 5.63 Å². The smallest absolute Gasteiger partial charge is 0.336 e. The van der Waals surface area contributed by atoms with Crippen LogP contribution in [0.4, 0.5) is 5.82 Å². The lowest BCUT2D eigenvalue weighted by Crippen LogP contribution is -2.32. The first-order valence-corrected chi connectivity index (χ1v) is 7.97. The SMILES string of the molecule is CCc1cc(=O)oc2c(C)c3c(cc12)CN(c1cc(C)on1)CO3. The van der Waals surface area contributed by atoms with Crippen molar-refractivity contribution in [2.24, 2.45) is 0 Å². The summed E-state index contributed by atoms with van der Waals surface area (Å²) in [5.41, 5.74) is 3.20. The van der Waals surface area contributed by atoms with E-state index in [4.69, 9.17) is 13.7 Å². The molecule has 6 heteroatoms. The summed E-state index contributed by atoms with van der Waals surface area (Å²) in [5.74, 6) is 2.31. The van der Waals surface area contributed by atoms with Crippen LogP contribution in [0.15, 0.2) is 31.9 Å². The van der Waals surface area contributed by atoms with Gasteiger partial charge in [-0.3, -0.25) is 0 Å². The quantitative estimate of drug-likeness (QED) is 0.673. The average Bonchev–Trinajstić information content (AvgIpc) is 3.01. The van der Waals surface area contributed by atoms with Gasteiger partial charge in [-0.05, 0) is 31.9 Å². The number of hydrogen-bond donors (Lipinski definition) is 0. The van der Waals surface area contributed by atoms with Gasteiger partial charge in [-0.25, -0.2) is 4.79 Å². The molecule has 4 rings (SSSR count). The highest BCUT2D eigenvalue weighted by Crippen LogP contribution is 2.36. The van der Waals surface area contributed by atoms with Gasteiger partial charge in [-0.15, -0.1) is 0 Å². The van der Waals surface area contributed by atoms with E-state index >= 15 is 0 Å². The Balaban J connectivity index is 1.85. The number of aromatic nitrogens is 1. The van der Waals surface area contributed by atoms with E-state index in [0.29, 0.717) is 18.9 Å². The highest BCUT2D eigenvalue weighted by molar-refractivity contribution is 5.86. The van der Waals surface area contributed by atoms with E-state index in [1.54, 1.807) is 6.07 Å². The maximum atomic E-state index is 11.8. The fraction of sp³-hybridized carbons (Fsp3) is 0.333. The minimum Gasteiger partial charge on any atom is -0.472 e. The summed E-state index contributed by atoms with van der Waals surface area (Å²) in [7, 11) is 0. The van der Waals surface area contributed by atoms with Crippen LogP contribution in [0.1, 0.15) is 29.4 Å². The van der Waals surface area contributed by atoms with E-state index in [1.165, 1.54) is 0 Å². The molecule has 124 valence electrons. The zero-order valence-corrected chi connectivity index (χ0v) is 13.9. The molecule has 1 aromatic carbocycles. The number of aryl methyl sites for hydroxylation is 3. The fourth-order valence-electron chi connectivity index (χ4n) is 3.23. The van der Waals surface area contributed by atoms with Gasteiger partial charge < -0.3 is 18.6 Å². The molecule has 24 heavy (non-hydrogen) atoms. The molecule has 0 amide bonds. The van der Waals surface area contributed by atoms with Gasteiger partial charge in [0.1, 0.15) is 17.1 Å². The molecule has 0 atom stereocenters. The van der Waals surface area contributed by atoms with Crippen molar-refractivity contribution in [1.29, 1.82) is 0 Å². The molecule has 0 spiro atoms. The largest absolute Gasteiger partial charge is 0.472 e. The van der Waals surface area contributed by atoms with Crippen LogP contribution in [-0.2, 0) is 13.0 Å². The van der Waals surface area contributed by atoms with Crippen LogP contribution in [0.25, 0.3) is 11.0 Å². The Hall–Kier alpha value is -2.76. The molecule has 6 nitrogen and oxygen atoms in total. The third-order valence-corrected chi connectivity index (χ3v) is 4.42. The van der Waals surface area contributed by atoms with Gasteiger partial charge in [0.15, 0.2) is 12.5 Å². The van der Waals surface area contributed by atoms with Crippen molar-refractivity contribution in [2.45, 2.75) is 33.7 Å². The molecule has 3 heterocycles. The van der Waals surface area contributed by atoms with Crippen molar-refractivity contribution >= 4 is 16.8 Å². The summed E-state index contributed by atoms with van der Waals surface area (Å²) in [4.78, 5) is 13.8. The van der Waals surface area contributed by atoms with Crippen LogP contribution in [0, 0.1) is 13.8 Å². The van der Waals surface area contributed by atoms with Crippen LogP contribution < -0.4 is 15.3 Å². The first kappa shape index (κ1) is 14.8. The Bertz CT molecular complexity index is 987. The van der Waals surface area contributed by atoms with E-state index in [-0.39, 0.29) is 5.63 Å². The maximum Gasteiger partial charge on any atom is 0.336 e. The first-order valence-electron chi connectivity index (χ1n) is 7.97. The van der Waals surface area contributed by atoms with Gasteiger partial charge in [0.2, 0.25) is 0 Å². The lowest BCUT2D eigenvalue weighted by atomic mass is 9.99. The van der Waals surface area contributed by atoms with Crippen LogP contribution in [-0.4, -0.2) is 11.9 Å². The van der Waals surface area contributed by atoms with Crippen molar-refractivity contribution < 1.29 is 13.7 Å². The highest BCUT2D eigenvalue weighted by atomic mass is 16.5. The zero-order valence-electron chi connectivity index (χ0n) is 13.9. The van der Waals surface area contributed by atoms with Gasteiger partial charge in [-0.2, -0.15) is 0 Å². The van der Waals surface area contributed by atoms with E-state index in [0.717, 1.165) is 45.8 Å². The molecule has 3 aromatic rings. The van der Waals surface area contributed by atoms with Gasteiger partial charge in [0.25, 0.3) is 0 Å². The third kappa shape index (κ3) is 2.26. The summed E-state index contributed by atoms with van der Waals surface area (Å²) in [6.07, 6.45) is 0.771. The molecule has 0 fully saturated rings. The summed E-state index contributed by atoms with van der Waals surface area (Å²) < 4.78 is 16.5. The molecule has 0 radical (unpaired) electrons. The number of benzene rings is 1. The molecule has 0 saturated heterocycles. The Morgan fingerprint density at radius 1 is 1.25 bits per heavy atom. The number of hydrogen-bond acceptors (Lipinski definition) is 6. The van der Waals surface area contributed by atoms with Crippen molar-refractivity contribution in [3.63, 3.8) is 0 Å². The number of ether oxygens (including phenoxy) is 1. The predicted molar refractivity (Wildman–Crippen MR) is 89.5 cm³/mol. The van der Waals surface area contributed by atoms with E-state index in [2.05, 4.69) is 11.2 Å². The zero-order chi connectivity index (χ0) is 16.8. The lowest BCUT2D eigenvalue weighted by Gasteiger charge is -2.30.